The number of benzene rings is 2. The molecule has 3 aromatic rings. The van der Waals surface area contributed by atoms with E-state index in [0.29, 0.717) is 12.3 Å². The summed E-state index contributed by atoms with van der Waals surface area (Å²) in [5.41, 5.74) is 4.68. The van der Waals surface area contributed by atoms with E-state index in [-0.39, 0.29) is 0 Å². The van der Waals surface area contributed by atoms with Crippen LogP contribution in [0.4, 0.5) is 5.69 Å². The third kappa shape index (κ3) is 2.68. The lowest BCUT2D eigenvalue weighted by atomic mass is 10.1. The number of para-hydroxylation sites is 1. The zero-order valence-electron chi connectivity index (χ0n) is 12.2. The Morgan fingerprint density at radius 2 is 1.81 bits per heavy atom. The molecule has 21 heavy (non-hydrogen) atoms. The van der Waals surface area contributed by atoms with Crippen LogP contribution >= 0.6 is 0 Å². The molecule has 3 nitrogen and oxygen atoms in total. The van der Waals surface area contributed by atoms with E-state index < -0.39 is 0 Å². The Morgan fingerprint density at radius 1 is 1.00 bits per heavy atom. The van der Waals surface area contributed by atoms with E-state index in [1.165, 1.54) is 0 Å². The first-order chi connectivity index (χ1) is 10.1. The van der Waals surface area contributed by atoms with Crippen LogP contribution in [0, 0.1) is 13.8 Å². The number of rotatable bonds is 3. The monoisotopic (exact) mass is 278 g/mol. The third-order valence-corrected chi connectivity index (χ3v) is 3.75. The minimum Gasteiger partial charge on any atom is -0.507 e. The fourth-order valence-electron chi connectivity index (χ4n) is 2.42. The molecule has 0 aliphatic carbocycles. The van der Waals surface area contributed by atoms with Crippen LogP contribution in [-0.2, 0) is 6.54 Å². The summed E-state index contributed by atoms with van der Waals surface area (Å²) in [6.45, 7) is 4.45. The van der Waals surface area contributed by atoms with Gasteiger partial charge in [-0.05, 0) is 37.6 Å². The lowest BCUT2D eigenvalue weighted by molar-refractivity contribution is 0.467. The van der Waals surface area contributed by atoms with Crippen molar-refractivity contribution >= 4 is 16.6 Å². The molecule has 1 heterocycles. The number of nitrogens with one attached hydrogen (secondary N) is 1. The van der Waals surface area contributed by atoms with Crippen LogP contribution in [0.25, 0.3) is 10.9 Å². The number of aromatic nitrogens is 1. The highest BCUT2D eigenvalue weighted by Gasteiger charge is 2.06. The van der Waals surface area contributed by atoms with Crippen LogP contribution in [0.15, 0.2) is 48.5 Å². The molecule has 2 N–H and O–H groups in total. The number of anilines is 1. The molecule has 0 aliphatic rings. The summed E-state index contributed by atoms with van der Waals surface area (Å²) >= 11 is 0. The summed E-state index contributed by atoms with van der Waals surface area (Å²) < 4.78 is 0. The maximum atomic E-state index is 9.97. The molecule has 3 heteroatoms. The van der Waals surface area contributed by atoms with Crippen LogP contribution in [0.1, 0.15) is 16.8 Å². The van der Waals surface area contributed by atoms with Crippen molar-refractivity contribution in [2.24, 2.45) is 0 Å². The van der Waals surface area contributed by atoms with Gasteiger partial charge in [0.1, 0.15) is 5.75 Å². The van der Waals surface area contributed by atoms with Crippen LogP contribution in [0.5, 0.6) is 5.75 Å². The Hall–Kier alpha value is -2.55. The number of hydrogen-bond acceptors (Lipinski definition) is 3. The van der Waals surface area contributed by atoms with Gasteiger partial charge >= 0.3 is 0 Å². The highest BCUT2D eigenvalue weighted by molar-refractivity contribution is 5.78. The molecule has 0 saturated carbocycles. The molecule has 0 atom stereocenters. The lowest BCUT2D eigenvalue weighted by Crippen LogP contribution is -2.03. The Morgan fingerprint density at radius 3 is 2.67 bits per heavy atom. The highest BCUT2D eigenvalue weighted by Crippen LogP contribution is 2.28. The fraction of sp³-hybridized carbons (Fsp3) is 0.167. The summed E-state index contributed by atoms with van der Waals surface area (Å²) in [4.78, 5) is 4.63. The minimum absolute atomic E-state index is 0.353. The summed E-state index contributed by atoms with van der Waals surface area (Å²) in [7, 11) is 0. The Kier molecular flexibility index (Phi) is 3.48. The van der Waals surface area contributed by atoms with Crippen LogP contribution in [-0.4, -0.2) is 10.1 Å². The van der Waals surface area contributed by atoms with Gasteiger partial charge in [-0.3, -0.25) is 4.98 Å². The van der Waals surface area contributed by atoms with E-state index in [1.54, 1.807) is 0 Å². The normalized spacial score (nSPS) is 10.8. The van der Waals surface area contributed by atoms with Gasteiger partial charge in [-0.25, -0.2) is 0 Å². The van der Waals surface area contributed by atoms with E-state index in [0.717, 1.165) is 33.4 Å². The standard InChI is InChI=1S/C18H18N2O/c1-12-7-10-16(13(2)18(12)21)19-11-15-9-8-14-5-3-4-6-17(14)20-15/h3-10,19,21H,11H2,1-2H3. The molecule has 0 amide bonds. The van der Waals surface area contributed by atoms with Crippen molar-refractivity contribution in [2.75, 3.05) is 5.32 Å². The van der Waals surface area contributed by atoms with Crippen LogP contribution in [0.3, 0.4) is 0 Å². The summed E-state index contributed by atoms with van der Waals surface area (Å²) in [6.07, 6.45) is 0. The van der Waals surface area contributed by atoms with Crippen molar-refractivity contribution in [1.29, 1.82) is 0 Å². The molecule has 0 aliphatic heterocycles. The molecular formula is C18H18N2O. The van der Waals surface area contributed by atoms with Gasteiger partial charge in [0, 0.05) is 16.6 Å². The van der Waals surface area contributed by atoms with Crippen molar-refractivity contribution < 1.29 is 5.11 Å². The average molecular weight is 278 g/mol. The highest BCUT2D eigenvalue weighted by atomic mass is 16.3. The zero-order valence-corrected chi connectivity index (χ0v) is 12.2. The SMILES string of the molecule is Cc1ccc(NCc2ccc3ccccc3n2)c(C)c1O. The molecule has 0 unspecified atom stereocenters. The number of hydrogen-bond donors (Lipinski definition) is 2. The maximum Gasteiger partial charge on any atom is 0.123 e. The number of pyridine rings is 1. The van der Waals surface area contributed by atoms with Crippen molar-refractivity contribution in [1.82, 2.24) is 4.98 Å². The Bertz CT molecular complexity index is 796. The predicted octanol–water partition coefficient (Wildman–Crippen LogP) is 4.17. The van der Waals surface area contributed by atoms with Crippen molar-refractivity contribution in [3.63, 3.8) is 0 Å². The fourth-order valence-corrected chi connectivity index (χ4v) is 2.42. The number of nitrogens with zero attached hydrogens (tertiary/aromatic N) is 1. The topological polar surface area (TPSA) is 45.2 Å². The number of phenols is 1. The van der Waals surface area contributed by atoms with Gasteiger partial charge in [0.2, 0.25) is 0 Å². The molecule has 3 rings (SSSR count). The summed E-state index contributed by atoms with van der Waals surface area (Å²) in [5, 5.41) is 14.5. The predicted molar refractivity (Wildman–Crippen MR) is 86.7 cm³/mol. The second kappa shape index (κ2) is 5.44. The second-order valence-electron chi connectivity index (χ2n) is 5.25. The quantitative estimate of drug-likeness (QED) is 0.755. The van der Waals surface area contributed by atoms with E-state index in [9.17, 15) is 5.11 Å². The van der Waals surface area contributed by atoms with E-state index in [2.05, 4.69) is 22.4 Å². The summed E-state index contributed by atoms with van der Waals surface area (Å²) in [5.74, 6) is 0.353. The number of aromatic hydroxyl groups is 1. The third-order valence-electron chi connectivity index (χ3n) is 3.75. The van der Waals surface area contributed by atoms with Gasteiger partial charge in [0.05, 0.1) is 17.8 Å². The van der Waals surface area contributed by atoms with E-state index in [1.807, 2.05) is 50.2 Å². The number of phenolic OH excluding ortho intramolecular Hbond substituents is 1. The number of fused-ring (bicyclic) bond motifs is 1. The van der Waals surface area contributed by atoms with Crippen LogP contribution in [0.2, 0.25) is 0 Å². The Balaban J connectivity index is 1.82. The van der Waals surface area contributed by atoms with Crippen molar-refractivity contribution in [3.8, 4) is 5.75 Å². The molecule has 0 saturated heterocycles. The van der Waals surface area contributed by atoms with Gasteiger partial charge in [0.25, 0.3) is 0 Å². The smallest absolute Gasteiger partial charge is 0.123 e. The maximum absolute atomic E-state index is 9.97. The first kappa shape index (κ1) is 13.4. The van der Waals surface area contributed by atoms with E-state index >= 15 is 0 Å². The largest absolute Gasteiger partial charge is 0.507 e. The molecule has 0 radical (unpaired) electrons. The van der Waals surface area contributed by atoms with Gasteiger partial charge < -0.3 is 10.4 Å². The van der Waals surface area contributed by atoms with Crippen molar-refractivity contribution in [3.05, 3.63) is 65.4 Å². The molecule has 1 aromatic heterocycles. The lowest BCUT2D eigenvalue weighted by Gasteiger charge is -2.12. The zero-order chi connectivity index (χ0) is 14.8. The van der Waals surface area contributed by atoms with Crippen molar-refractivity contribution in [2.45, 2.75) is 20.4 Å². The van der Waals surface area contributed by atoms with Gasteiger partial charge in [-0.1, -0.05) is 30.3 Å². The van der Waals surface area contributed by atoms with Crippen LogP contribution < -0.4 is 5.32 Å². The second-order valence-corrected chi connectivity index (χ2v) is 5.25. The Labute approximate surface area is 124 Å². The minimum atomic E-state index is 0.353. The molecule has 0 bridgehead atoms. The van der Waals surface area contributed by atoms with E-state index in [4.69, 9.17) is 0 Å². The number of aryl methyl sites for hydroxylation is 1. The van der Waals surface area contributed by atoms with Gasteiger partial charge in [0.15, 0.2) is 0 Å². The molecular weight excluding hydrogens is 260 g/mol. The molecule has 0 spiro atoms. The van der Waals surface area contributed by atoms with Gasteiger partial charge in [-0.2, -0.15) is 0 Å². The van der Waals surface area contributed by atoms with Gasteiger partial charge in [-0.15, -0.1) is 0 Å². The first-order valence-electron chi connectivity index (χ1n) is 7.03. The molecule has 2 aromatic carbocycles. The molecule has 106 valence electrons. The average Bonchev–Trinajstić information content (AvgIpc) is 2.52. The summed E-state index contributed by atoms with van der Waals surface area (Å²) in [6, 6.07) is 16.1. The first-order valence-corrected chi connectivity index (χ1v) is 7.03. The molecule has 0 fully saturated rings.